The Morgan fingerprint density at radius 2 is 1.81 bits per heavy atom. The number of anilines is 1. The molecule has 1 aliphatic rings. The van der Waals surface area contributed by atoms with Crippen molar-refractivity contribution in [3.05, 3.63) is 59.7 Å². The van der Waals surface area contributed by atoms with Gasteiger partial charge in [-0.3, -0.25) is 4.99 Å². The van der Waals surface area contributed by atoms with Crippen molar-refractivity contribution in [2.75, 3.05) is 31.2 Å². The van der Waals surface area contributed by atoms with E-state index in [0.717, 1.165) is 37.6 Å². The number of aryl methyl sites for hydroxylation is 1. The standard InChI is InChI=1S/C18H20N2O/c1-15-3-2-4-17(13-15)19-14-16-5-7-18(8-6-16)20-9-11-21-12-10-20/h2-8,13-14H,9-12H2,1H3. The lowest BCUT2D eigenvalue weighted by Crippen LogP contribution is -2.36. The first-order chi connectivity index (χ1) is 10.3. The van der Waals surface area contributed by atoms with Crippen LogP contribution in [-0.2, 0) is 4.74 Å². The predicted molar refractivity (Wildman–Crippen MR) is 87.9 cm³/mol. The fourth-order valence-electron chi connectivity index (χ4n) is 2.45. The first kappa shape index (κ1) is 13.8. The summed E-state index contributed by atoms with van der Waals surface area (Å²) in [5, 5.41) is 0. The third-order valence-electron chi connectivity index (χ3n) is 3.63. The van der Waals surface area contributed by atoms with E-state index in [1.807, 2.05) is 18.3 Å². The number of ether oxygens (including phenoxy) is 1. The van der Waals surface area contributed by atoms with Gasteiger partial charge in [-0.1, -0.05) is 24.3 Å². The number of aliphatic imine (C=N–C) groups is 1. The number of benzene rings is 2. The molecular weight excluding hydrogens is 260 g/mol. The second-order valence-electron chi connectivity index (χ2n) is 5.29. The zero-order valence-corrected chi connectivity index (χ0v) is 12.3. The van der Waals surface area contributed by atoms with Crippen molar-refractivity contribution in [2.45, 2.75) is 6.92 Å². The summed E-state index contributed by atoms with van der Waals surface area (Å²) in [5.74, 6) is 0. The number of hydrogen-bond donors (Lipinski definition) is 0. The van der Waals surface area contributed by atoms with Crippen molar-refractivity contribution in [1.29, 1.82) is 0 Å². The third-order valence-corrected chi connectivity index (χ3v) is 3.63. The van der Waals surface area contributed by atoms with Crippen molar-refractivity contribution in [1.82, 2.24) is 0 Å². The molecule has 0 N–H and O–H groups in total. The van der Waals surface area contributed by atoms with Gasteiger partial charge in [0.05, 0.1) is 18.9 Å². The minimum absolute atomic E-state index is 0.816. The molecule has 0 atom stereocenters. The van der Waals surface area contributed by atoms with Gasteiger partial charge in [-0.15, -0.1) is 0 Å². The highest BCUT2D eigenvalue weighted by Gasteiger charge is 2.10. The molecule has 0 saturated carbocycles. The van der Waals surface area contributed by atoms with Gasteiger partial charge in [0.2, 0.25) is 0 Å². The molecule has 108 valence electrons. The zero-order valence-electron chi connectivity index (χ0n) is 12.3. The van der Waals surface area contributed by atoms with E-state index in [2.05, 4.69) is 53.2 Å². The van der Waals surface area contributed by atoms with Gasteiger partial charge in [0.1, 0.15) is 0 Å². The molecule has 0 spiro atoms. The quantitative estimate of drug-likeness (QED) is 0.803. The van der Waals surface area contributed by atoms with Crippen molar-refractivity contribution >= 4 is 17.6 Å². The van der Waals surface area contributed by atoms with Crippen LogP contribution in [0.15, 0.2) is 53.5 Å². The molecule has 0 radical (unpaired) electrons. The Hall–Kier alpha value is -2.13. The Balaban J connectivity index is 1.69. The van der Waals surface area contributed by atoms with Crippen molar-refractivity contribution in [3.8, 4) is 0 Å². The summed E-state index contributed by atoms with van der Waals surface area (Å²) in [6.07, 6.45) is 1.91. The lowest BCUT2D eigenvalue weighted by atomic mass is 10.2. The van der Waals surface area contributed by atoms with Gasteiger partial charge in [0, 0.05) is 25.0 Å². The van der Waals surface area contributed by atoms with Gasteiger partial charge in [0.15, 0.2) is 0 Å². The summed E-state index contributed by atoms with van der Waals surface area (Å²) in [7, 11) is 0. The average Bonchev–Trinajstić information content (AvgIpc) is 2.54. The summed E-state index contributed by atoms with van der Waals surface area (Å²) >= 11 is 0. The molecule has 1 aliphatic heterocycles. The molecule has 3 nitrogen and oxygen atoms in total. The highest BCUT2D eigenvalue weighted by Crippen LogP contribution is 2.17. The normalized spacial score (nSPS) is 15.6. The monoisotopic (exact) mass is 280 g/mol. The Kier molecular flexibility index (Phi) is 4.31. The fraction of sp³-hybridized carbons (Fsp3) is 0.278. The Labute approximate surface area is 125 Å². The maximum Gasteiger partial charge on any atom is 0.0642 e. The van der Waals surface area contributed by atoms with Crippen LogP contribution in [0.1, 0.15) is 11.1 Å². The van der Waals surface area contributed by atoms with Gasteiger partial charge in [-0.25, -0.2) is 0 Å². The highest BCUT2D eigenvalue weighted by molar-refractivity contribution is 5.82. The molecule has 1 fully saturated rings. The summed E-state index contributed by atoms with van der Waals surface area (Å²) in [6, 6.07) is 16.8. The summed E-state index contributed by atoms with van der Waals surface area (Å²) in [5.41, 5.74) is 4.60. The zero-order chi connectivity index (χ0) is 14.5. The fourth-order valence-corrected chi connectivity index (χ4v) is 2.45. The smallest absolute Gasteiger partial charge is 0.0642 e. The first-order valence-electron chi connectivity index (χ1n) is 7.35. The summed E-state index contributed by atoms with van der Waals surface area (Å²) in [4.78, 5) is 6.87. The van der Waals surface area contributed by atoms with E-state index in [1.54, 1.807) is 0 Å². The van der Waals surface area contributed by atoms with Crippen LogP contribution in [0, 0.1) is 6.92 Å². The van der Waals surface area contributed by atoms with E-state index in [4.69, 9.17) is 4.74 Å². The van der Waals surface area contributed by atoms with Gasteiger partial charge in [-0.05, 0) is 42.3 Å². The average molecular weight is 280 g/mol. The molecule has 0 aliphatic carbocycles. The minimum Gasteiger partial charge on any atom is -0.378 e. The topological polar surface area (TPSA) is 24.8 Å². The predicted octanol–water partition coefficient (Wildman–Crippen LogP) is 3.58. The van der Waals surface area contributed by atoms with E-state index in [0.29, 0.717) is 0 Å². The molecule has 1 heterocycles. The van der Waals surface area contributed by atoms with Crippen LogP contribution in [0.3, 0.4) is 0 Å². The molecule has 0 bridgehead atoms. The summed E-state index contributed by atoms with van der Waals surface area (Å²) in [6.45, 7) is 5.65. The van der Waals surface area contributed by atoms with E-state index in [-0.39, 0.29) is 0 Å². The second-order valence-corrected chi connectivity index (χ2v) is 5.29. The Morgan fingerprint density at radius 1 is 1.05 bits per heavy atom. The van der Waals surface area contributed by atoms with Crippen LogP contribution in [0.4, 0.5) is 11.4 Å². The van der Waals surface area contributed by atoms with E-state index in [1.165, 1.54) is 11.3 Å². The summed E-state index contributed by atoms with van der Waals surface area (Å²) < 4.78 is 5.38. The first-order valence-corrected chi connectivity index (χ1v) is 7.35. The molecular formula is C18H20N2O. The minimum atomic E-state index is 0.816. The number of morpholine rings is 1. The molecule has 0 aromatic heterocycles. The Morgan fingerprint density at radius 3 is 2.52 bits per heavy atom. The SMILES string of the molecule is Cc1cccc(N=Cc2ccc(N3CCOCC3)cc2)c1. The van der Waals surface area contributed by atoms with E-state index < -0.39 is 0 Å². The molecule has 21 heavy (non-hydrogen) atoms. The largest absolute Gasteiger partial charge is 0.378 e. The van der Waals surface area contributed by atoms with Crippen LogP contribution in [0.25, 0.3) is 0 Å². The number of hydrogen-bond acceptors (Lipinski definition) is 3. The maximum atomic E-state index is 5.38. The van der Waals surface area contributed by atoms with Crippen molar-refractivity contribution in [2.24, 2.45) is 4.99 Å². The molecule has 0 amide bonds. The lowest BCUT2D eigenvalue weighted by molar-refractivity contribution is 0.122. The maximum absolute atomic E-state index is 5.38. The van der Waals surface area contributed by atoms with Crippen molar-refractivity contribution in [3.63, 3.8) is 0 Å². The van der Waals surface area contributed by atoms with Crippen LogP contribution in [0.5, 0.6) is 0 Å². The second kappa shape index (κ2) is 6.55. The molecule has 2 aromatic carbocycles. The molecule has 1 saturated heterocycles. The van der Waals surface area contributed by atoms with E-state index in [9.17, 15) is 0 Å². The lowest BCUT2D eigenvalue weighted by Gasteiger charge is -2.28. The third kappa shape index (κ3) is 3.70. The highest BCUT2D eigenvalue weighted by atomic mass is 16.5. The van der Waals surface area contributed by atoms with Crippen LogP contribution in [0.2, 0.25) is 0 Å². The molecule has 3 heteroatoms. The molecule has 2 aromatic rings. The van der Waals surface area contributed by atoms with Crippen LogP contribution < -0.4 is 4.90 Å². The van der Waals surface area contributed by atoms with Crippen LogP contribution >= 0.6 is 0 Å². The molecule has 0 unspecified atom stereocenters. The van der Waals surface area contributed by atoms with Crippen LogP contribution in [-0.4, -0.2) is 32.5 Å². The number of rotatable bonds is 3. The van der Waals surface area contributed by atoms with Gasteiger partial charge in [0.25, 0.3) is 0 Å². The van der Waals surface area contributed by atoms with E-state index >= 15 is 0 Å². The Bertz CT molecular complexity index is 613. The van der Waals surface area contributed by atoms with Gasteiger partial charge in [-0.2, -0.15) is 0 Å². The van der Waals surface area contributed by atoms with Crippen molar-refractivity contribution < 1.29 is 4.74 Å². The molecule has 3 rings (SSSR count). The number of nitrogens with zero attached hydrogens (tertiary/aromatic N) is 2. The van der Waals surface area contributed by atoms with Gasteiger partial charge < -0.3 is 9.64 Å². The van der Waals surface area contributed by atoms with Gasteiger partial charge >= 0.3 is 0 Å².